The van der Waals surface area contributed by atoms with Gasteiger partial charge >= 0.3 is 0 Å². The number of nitrogens with one attached hydrogen (secondary N) is 1. The van der Waals surface area contributed by atoms with E-state index < -0.39 is 0 Å². The predicted octanol–water partition coefficient (Wildman–Crippen LogP) is 1.93. The number of rotatable bonds is 11. The van der Waals surface area contributed by atoms with Crippen LogP contribution in [0.1, 0.15) is 24.6 Å². The molecule has 0 spiro atoms. The lowest BCUT2D eigenvalue weighted by molar-refractivity contribution is 0.0644. The summed E-state index contributed by atoms with van der Waals surface area (Å²) in [6, 6.07) is 1.98. The summed E-state index contributed by atoms with van der Waals surface area (Å²) in [6.45, 7) is 8.38. The van der Waals surface area contributed by atoms with Gasteiger partial charge in [0.2, 0.25) is 0 Å². The van der Waals surface area contributed by atoms with Crippen molar-refractivity contribution in [3.63, 3.8) is 0 Å². The zero-order valence-corrected chi connectivity index (χ0v) is 12.8. The summed E-state index contributed by atoms with van der Waals surface area (Å²) >= 11 is 0. The highest BCUT2D eigenvalue weighted by Crippen LogP contribution is 2.18. The number of methoxy groups -OCH3 is 1. The van der Waals surface area contributed by atoms with Gasteiger partial charge in [-0.2, -0.15) is 0 Å². The maximum Gasteiger partial charge on any atom is 0.127 e. The lowest BCUT2D eigenvalue weighted by atomic mass is 10.2. The minimum absolute atomic E-state index is 0.635. The van der Waals surface area contributed by atoms with Crippen molar-refractivity contribution in [2.75, 3.05) is 40.1 Å². The van der Waals surface area contributed by atoms with Gasteiger partial charge in [-0.3, -0.25) is 4.98 Å². The first-order valence-corrected chi connectivity index (χ1v) is 7.13. The second kappa shape index (κ2) is 10.6. The first-order chi connectivity index (χ1) is 9.77. The van der Waals surface area contributed by atoms with E-state index in [9.17, 15) is 0 Å². The molecular weight excluding hydrogens is 256 g/mol. The molecule has 1 aromatic heterocycles. The SMILES string of the molecule is CCNCc1cnc(C)cc1OCCCOCCOC. The van der Waals surface area contributed by atoms with E-state index in [0.717, 1.165) is 36.5 Å². The molecule has 0 aliphatic carbocycles. The fourth-order valence-corrected chi connectivity index (χ4v) is 1.68. The first-order valence-electron chi connectivity index (χ1n) is 7.13. The first kappa shape index (κ1) is 16.9. The molecule has 0 saturated carbocycles. The third kappa shape index (κ3) is 6.84. The van der Waals surface area contributed by atoms with Gasteiger partial charge in [0.1, 0.15) is 5.75 Å². The zero-order chi connectivity index (χ0) is 14.6. The van der Waals surface area contributed by atoms with Crippen LogP contribution >= 0.6 is 0 Å². The van der Waals surface area contributed by atoms with Crippen LogP contribution in [0.15, 0.2) is 12.3 Å². The van der Waals surface area contributed by atoms with E-state index >= 15 is 0 Å². The van der Waals surface area contributed by atoms with Gasteiger partial charge in [0.25, 0.3) is 0 Å². The number of hydrogen-bond acceptors (Lipinski definition) is 5. The van der Waals surface area contributed by atoms with Gasteiger partial charge in [0.15, 0.2) is 0 Å². The molecule has 0 atom stereocenters. The summed E-state index contributed by atoms with van der Waals surface area (Å²) < 4.78 is 16.1. The fraction of sp³-hybridized carbons (Fsp3) is 0.667. The third-order valence-electron chi connectivity index (χ3n) is 2.77. The van der Waals surface area contributed by atoms with Crippen LogP contribution in [0.5, 0.6) is 5.75 Å². The maximum absolute atomic E-state index is 5.83. The topological polar surface area (TPSA) is 52.6 Å². The molecule has 0 saturated heterocycles. The van der Waals surface area contributed by atoms with Crippen molar-refractivity contribution in [3.8, 4) is 5.75 Å². The Labute approximate surface area is 121 Å². The lowest BCUT2D eigenvalue weighted by Gasteiger charge is -2.12. The number of pyridine rings is 1. The van der Waals surface area contributed by atoms with E-state index in [-0.39, 0.29) is 0 Å². The molecule has 114 valence electrons. The Balaban J connectivity index is 2.32. The van der Waals surface area contributed by atoms with Gasteiger partial charge in [-0.05, 0) is 13.5 Å². The van der Waals surface area contributed by atoms with Crippen molar-refractivity contribution >= 4 is 0 Å². The van der Waals surface area contributed by atoms with Crippen LogP contribution in [0.4, 0.5) is 0 Å². The molecule has 0 aromatic carbocycles. The zero-order valence-electron chi connectivity index (χ0n) is 12.8. The lowest BCUT2D eigenvalue weighted by Crippen LogP contribution is -2.14. The molecule has 0 bridgehead atoms. The minimum Gasteiger partial charge on any atom is -0.493 e. The van der Waals surface area contributed by atoms with Crippen LogP contribution in [0.3, 0.4) is 0 Å². The van der Waals surface area contributed by atoms with E-state index in [1.54, 1.807) is 7.11 Å². The molecule has 1 aromatic rings. The summed E-state index contributed by atoms with van der Waals surface area (Å²) in [7, 11) is 1.67. The van der Waals surface area contributed by atoms with Crippen LogP contribution in [0.25, 0.3) is 0 Å². The number of hydrogen-bond donors (Lipinski definition) is 1. The summed E-state index contributed by atoms with van der Waals surface area (Å²) in [6.07, 6.45) is 2.74. The number of ether oxygens (including phenoxy) is 3. The Bertz CT molecular complexity index is 372. The molecule has 0 aliphatic heterocycles. The van der Waals surface area contributed by atoms with Crippen molar-refractivity contribution in [2.45, 2.75) is 26.8 Å². The molecule has 0 radical (unpaired) electrons. The van der Waals surface area contributed by atoms with Gasteiger partial charge in [-0.25, -0.2) is 0 Å². The van der Waals surface area contributed by atoms with Gasteiger partial charge in [0.05, 0.1) is 19.8 Å². The van der Waals surface area contributed by atoms with E-state index in [4.69, 9.17) is 14.2 Å². The molecule has 0 fully saturated rings. The standard InChI is InChI=1S/C15H26N2O3/c1-4-16-11-14-12-17-13(2)10-15(14)20-7-5-6-19-9-8-18-3/h10,12,16H,4-9,11H2,1-3H3. The third-order valence-corrected chi connectivity index (χ3v) is 2.77. The number of aromatic nitrogens is 1. The molecule has 5 heteroatoms. The van der Waals surface area contributed by atoms with E-state index in [1.807, 2.05) is 19.2 Å². The van der Waals surface area contributed by atoms with Crippen LogP contribution in [0, 0.1) is 6.92 Å². The quantitative estimate of drug-likeness (QED) is 0.629. The second-order valence-corrected chi connectivity index (χ2v) is 4.52. The molecule has 1 heterocycles. The highest BCUT2D eigenvalue weighted by molar-refractivity contribution is 5.32. The molecule has 1 rings (SSSR count). The van der Waals surface area contributed by atoms with E-state index in [1.165, 1.54) is 0 Å². The normalized spacial score (nSPS) is 10.8. The summed E-state index contributed by atoms with van der Waals surface area (Å²) in [5.41, 5.74) is 2.06. The molecule has 0 aliphatic rings. The molecule has 5 nitrogen and oxygen atoms in total. The van der Waals surface area contributed by atoms with Crippen molar-refractivity contribution in [1.82, 2.24) is 10.3 Å². The van der Waals surface area contributed by atoms with E-state index in [2.05, 4.69) is 17.2 Å². The Hall–Kier alpha value is -1.17. The molecular formula is C15H26N2O3. The highest BCUT2D eigenvalue weighted by atomic mass is 16.5. The average Bonchev–Trinajstić information content (AvgIpc) is 2.45. The molecule has 1 N–H and O–H groups in total. The molecule has 0 unspecified atom stereocenters. The Kier molecular flexibility index (Phi) is 8.95. The van der Waals surface area contributed by atoms with Crippen LogP contribution < -0.4 is 10.1 Å². The minimum atomic E-state index is 0.635. The summed E-state index contributed by atoms with van der Waals surface area (Å²) in [5.74, 6) is 0.912. The summed E-state index contributed by atoms with van der Waals surface area (Å²) in [5, 5.41) is 3.29. The monoisotopic (exact) mass is 282 g/mol. The smallest absolute Gasteiger partial charge is 0.127 e. The maximum atomic E-state index is 5.83. The Morgan fingerprint density at radius 2 is 2.05 bits per heavy atom. The van der Waals surface area contributed by atoms with Gasteiger partial charge in [0, 0.05) is 50.2 Å². The largest absolute Gasteiger partial charge is 0.493 e. The number of nitrogens with zero attached hydrogens (tertiary/aromatic N) is 1. The molecule has 0 amide bonds. The van der Waals surface area contributed by atoms with Crippen molar-refractivity contribution < 1.29 is 14.2 Å². The van der Waals surface area contributed by atoms with E-state index in [0.29, 0.717) is 26.4 Å². The Morgan fingerprint density at radius 3 is 2.80 bits per heavy atom. The highest BCUT2D eigenvalue weighted by Gasteiger charge is 2.04. The number of aryl methyl sites for hydroxylation is 1. The second-order valence-electron chi connectivity index (χ2n) is 4.52. The van der Waals surface area contributed by atoms with Crippen LogP contribution in [-0.4, -0.2) is 45.1 Å². The van der Waals surface area contributed by atoms with Crippen molar-refractivity contribution in [2.24, 2.45) is 0 Å². The fourth-order valence-electron chi connectivity index (χ4n) is 1.68. The van der Waals surface area contributed by atoms with Gasteiger partial charge in [-0.15, -0.1) is 0 Å². The summed E-state index contributed by atoms with van der Waals surface area (Å²) in [4.78, 5) is 4.31. The van der Waals surface area contributed by atoms with Crippen molar-refractivity contribution in [1.29, 1.82) is 0 Å². The average molecular weight is 282 g/mol. The predicted molar refractivity (Wildman–Crippen MR) is 79.2 cm³/mol. The molecule has 20 heavy (non-hydrogen) atoms. The van der Waals surface area contributed by atoms with Gasteiger partial charge in [-0.1, -0.05) is 6.92 Å². The Morgan fingerprint density at radius 1 is 1.20 bits per heavy atom. The van der Waals surface area contributed by atoms with Crippen molar-refractivity contribution in [3.05, 3.63) is 23.5 Å². The van der Waals surface area contributed by atoms with Crippen LogP contribution in [-0.2, 0) is 16.0 Å². The van der Waals surface area contributed by atoms with Gasteiger partial charge < -0.3 is 19.5 Å². The van der Waals surface area contributed by atoms with Crippen LogP contribution in [0.2, 0.25) is 0 Å².